The van der Waals surface area contributed by atoms with Gasteiger partial charge in [0.2, 0.25) is 0 Å². The van der Waals surface area contributed by atoms with Crippen LogP contribution in [0.3, 0.4) is 0 Å². The maximum Gasteiger partial charge on any atom is 0.130 e. The Kier molecular flexibility index (Phi) is 2.44. The summed E-state index contributed by atoms with van der Waals surface area (Å²) in [6, 6.07) is 1.96. The molecule has 0 radical (unpaired) electrons. The quantitative estimate of drug-likeness (QED) is 0.194. The monoisotopic (exact) mass is 153 g/mol. The summed E-state index contributed by atoms with van der Waals surface area (Å²) in [6.07, 6.45) is 4.73. The summed E-state index contributed by atoms with van der Waals surface area (Å²) in [5.41, 5.74) is 11.1. The predicted octanol–water partition coefficient (Wildman–Crippen LogP) is -2.26. The van der Waals surface area contributed by atoms with Gasteiger partial charge in [0, 0.05) is 12.7 Å². The first kappa shape index (κ1) is 8.01. The second kappa shape index (κ2) is 3.34. The fraction of sp³-hybridized carbons (Fsp3) is 0.500. The molecule has 60 valence electrons. The van der Waals surface area contributed by atoms with Gasteiger partial charge < -0.3 is 11.5 Å². The molecule has 6 N–H and O–H groups in total. The van der Waals surface area contributed by atoms with Crippen molar-refractivity contribution >= 4 is 5.84 Å². The van der Waals surface area contributed by atoms with Crippen molar-refractivity contribution in [1.82, 2.24) is 10.6 Å². The standard InChI is InChI=1S/C6H11N5/c1-2-9-5(7)4-6(8)11-3-10-4/h1,4,6,10-11H,3,8H2,(H2,7,9). The van der Waals surface area contributed by atoms with Crippen molar-refractivity contribution in [2.24, 2.45) is 16.5 Å². The minimum absolute atomic E-state index is 0.147. The predicted molar refractivity (Wildman–Crippen MR) is 43.4 cm³/mol. The fourth-order valence-electron chi connectivity index (χ4n) is 0.964. The summed E-state index contributed by atoms with van der Waals surface area (Å²) in [5.74, 6) is 0.352. The maximum absolute atomic E-state index is 5.61. The molecule has 5 nitrogen and oxygen atoms in total. The van der Waals surface area contributed by atoms with Crippen LogP contribution in [0.25, 0.3) is 0 Å². The second-order valence-electron chi connectivity index (χ2n) is 2.25. The molecule has 1 fully saturated rings. The van der Waals surface area contributed by atoms with Gasteiger partial charge in [0.05, 0.1) is 12.2 Å². The highest BCUT2D eigenvalue weighted by Crippen LogP contribution is 1.93. The van der Waals surface area contributed by atoms with Crippen LogP contribution < -0.4 is 22.1 Å². The highest BCUT2D eigenvalue weighted by molar-refractivity contribution is 5.87. The van der Waals surface area contributed by atoms with Crippen LogP contribution in [0.1, 0.15) is 0 Å². The van der Waals surface area contributed by atoms with Gasteiger partial charge in [-0.05, 0) is 0 Å². The number of aliphatic imine (C=N–C) groups is 1. The van der Waals surface area contributed by atoms with Crippen molar-refractivity contribution in [2.75, 3.05) is 6.67 Å². The number of amidine groups is 1. The van der Waals surface area contributed by atoms with Crippen LogP contribution in [-0.2, 0) is 0 Å². The van der Waals surface area contributed by atoms with E-state index in [-0.39, 0.29) is 12.2 Å². The Morgan fingerprint density at radius 3 is 2.82 bits per heavy atom. The van der Waals surface area contributed by atoms with Crippen LogP contribution in [0, 0.1) is 12.5 Å². The molecule has 1 heterocycles. The third kappa shape index (κ3) is 1.68. The average Bonchev–Trinajstić information content (AvgIpc) is 2.36. The smallest absolute Gasteiger partial charge is 0.130 e. The molecule has 2 atom stereocenters. The molecular formula is C6H11N5. The van der Waals surface area contributed by atoms with Crippen LogP contribution in [0.15, 0.2) is 4.99 Å². The van der Waals surface area contributed by atoms with Crippen LogP contribution in [0.4, 0.5) is 0 Å². The van der Waals surface area contributed by atoms with E-state index in [1.807, 2.05) is 0 Å². The van der Waals surface area contributed by atoms with Crippen molar-refractivity contribution < 1.29 is 0 Å². The van der Waals surface area contributed by atoms with Gasteiger partial charge in [-0.15, -0.1) is 0 Å². The van der Waals surface area contributed by atoms with E-state index in [1.165, 1.54) is 0 Å². The third-order valence-corrected chi connectivity index (χ3v) is 1.53. The molecule has 11 heavy (non-hydrogen) atoms. The Labute approximate surface area is 65.2 Å². The highest BCUT2D eigenvalue weighted by Gasteiger charge is 2.25. The van der Waals surface area contributed by atoms with Gasteiger partial charge in [-0.25, -0.2) is 0 Å². The van der Waals surface area contributed by atoms with Crippen molar-refractivity contribution in [3.63, 3.8) is 0 Å². The van der Waals surface area contributed by atoms with Crippen LogP contribution in [0.2, 0.25) is 0 Å². The first-order valence-electron chi connectivity index (χ1n) is 3.26. The van der Waals surface area contributed by atoms with E-state index < -0.39 is 0 Å². The normalized spacial score (nSPS) is 31.8. The van der Waals surface area contributed by atoms with E-state index in [9.17, 15) is 0 Å². The van der Waals surface area contributed by atoms with E-state index in [2.05, 4.69) is 21.7 Å². The zero-order valence-corrected chi connectivity index (χ0v) is 6.04. The molecule has 0 bridgehead atoms. The number of rotatable bonds is 1. The number of hydrogen-bond donors (Lipinski definition) is 4. The molecule has 0 aromatic rings. The lowest BCUT2D eigenvalue weighted by Crippen LogP contribution is -2.49. The van der Waals surface area contributed by atoms with Crippen molar-refractivity contribution in [2.45, 2.75) is 12.2 Å². The van der Waals surface area contributed by atoms with E-state index in [0.717, 1.165) is 0 Å². The topological polar surface area (TPSA) is 88.5 Å². The Hall–Kier alpha value is -1.09. The zero-order valence-electron chi connectivity index (χ0n) is 6.04. The molecular weight excluding hydrogens is 142 g/mol. The minimum atomic E-state index is -0.202. The summed E-state index contributed by atoms with van der Waals surface area (Å²) in [6.45, 7) is 0.632. The SMILES string of the molecule is C#C/N=C(/N)C1NCNC1N. The zero-order chi connectivity index (χ0) is 8.27. The number of nitrogens with zero attached hydrogens (tertiary/aromatic N) is 1. The van der Waals surface area contributed by atoms with Crippen LogP contribution in [-0.4, -0.2) is 24.7 Å². The van der Waals surface area contributed by atoms with Crippen molar-refractivity contribution in [1.29, 1.82) is 0 Å². The van der Waals surface area contributed by atoms with Gasteiger partial charge in [0.15, 0.2) is 0 Å². The summed E-state index contributed by atoms with van der Waals surface area (Å²) >= 11 is 0. The maximum atomic E-state index is 5.61. The second-order valence-corrected chi connectivity index (χ2v) is 2.25. The molecule has 0 saturated carbocycles. The molecule has 1 rings (SSSR count). The van der Waals surface area contributed by atoms with Crippen molar-refractivity contribution in [3.05, 3.63) is 0 Å². The lowest BCUT2D eigenvalue weighted by atomic mass is 10.2. The molecule has 0 amide bonds. The van der Waals surface area contributed by atoms with E-state index in [0.29, 0.717) is 12.5 Å². The van der Waals surface area contributed by atoms with Gasteiger partial charge in [0.1, 0.15) is 5.84 Å². The largest absolute Gasteiger partial charge is 0.385 e. The average molecular weight is 153 g/mol. The van der Waals surface area contributed by atoms with Crippen molar-refractivity contribution in [3.8, 4) is 12.5 Å². The van der Waals surface area contributed by atoms with E-state index >= 15 is 0 Å². The number of nitrogens with two attached hydrogens (primary N) is 2. The number of hydrogen-bond acceptors (Lipinski definition) is 4. The van der Waals surface area contributed by atoms with Gasteiger partial charge >= 0.3 is 0 Å². The number of nitrogens with one attached hydrogen (secondary N) is 2. The Balaban J connectivity index is 2.61. The fourth-order valence-corrected chi connectivity index (χ4v) is 0.964. The molecule has 0 aromatic carbocycles. The molecule has 1 saturated heterocycles. The summed E-state index contributed by atoms with van der Waals surface area (Å²) in [4.78, 5) is 3.60. The Bertz CT molecular complexity index is 204. The van der Waals surface area contributed by atoms with Crippen LogP contribution >= 0.6 is 0 Å². The third-order valence-electron chi connectivity index (χ3n) is 1.53. The number of terminal acetylenes is 1. The first-order valence-corrected chi connectivity index (χ1v) is 3.26. The molecule has 2 unspecified atom stereocenters. The molecule has 1 aliphatic heterocycles. The molecule has 0 aromatic heterocycles. The van der Waals surface area contributed by atoms with Gasteiger partial charge in [-0.3, -0.25) is 10.6 Å². The molecule has 0 aliphatic carbocycles. The summed E-state index contributed by atoms with van der Waals surface area (Å²) < 4.78 is 0. The van der Waals surface area contributed by atoms with Crippen LogP contribution in [0.5, 0.6) is 0 Å². The van der Waals surface area contributed by atoms with Gasteiger partial charge in [-0.1, -0.05) is 6.42 Å². The molecule has 5 heteroatoms. The van der Waals surface area contributed by atoms with E-state index in [4.69, 9.17) is 17.9 Å². The van der Waals surface area contributed by atoms with E-state index in [1.54, 1.807) is 0 Å². The summed E-state index contributed by atoms with van der Waals surface area (Å²) in [5, 5.41) is 5.95. The minimum Gasteiger partial charge on any atom is -0.385 e. The van der Waals surface area contributed by atoms with Gasteiger partial charge in [0.25, 0.3) is 0 Å². The Morgan fingerprint density at radius 2 is 2.36 bits per heavy atom. The summed E-state index contributed by atoms with van der Waals surface area (Å²) in [7, 11) is 0. The lowest BCUT2D eigenvalue weighted by molar-refractivity contribution is 0.617. The first-order chi connectivity index (χ1) is 5.25. The molecule has 1 aliphatic rings. The molecule has 0 spiro atoms. The van der Waals surface area contributed by atoms with Gasteiger partial charge in [-0.2, -0.15) is 4.99 Å². The lowest BCUT2D eigenvalue weighted by Gasteiger charge is -2.12. The highest BCUT2D eigenvalue weighted by atomic mass is 15.3. The Morgan fingerprint density at radius 1 is 1.64 bits per heavy atom.